The van der Waals surface area contributed by atoms with E-state index in [-0.39, 0.29) is 55.3 Å². The molecule has 1 aromatic rings. The average Bonchev–Trinajstić information content (AvgIpc) is 3.43. The quantitative estimate of drug-likeness (QED) is 0.446. The molecule has 29 heavy (non-hydrogen) atoms. The molecule has 4 atom stereocenters. The number of hydrogen-bond donors (Lipinski definition) is 3. The van der Waals surface area contributed by atoms with Crippen molar-refractivity contribution in [3.63, 3.8) is 0 Å². The molecule has 3 fully saturated rings. The molecule has 4 N–H and O–H groups in total. The van der Waals surface area contributed by atoms with Crippen LogP contribution in [-0.2, 0) is 49.3 Å². The number of carbonyl (C=O) groups is 1. The summed E-state index contributed by atoms with van der Waals surface area (Å²) in [7, 11) is 2.29. The Balaban J connectivity index is 0.00000205. The van der Waals surface area contributed by atoms with Crippen molar-refractivity contribution in [3.8, 4) is 5.75 Å². The summed E-state index contributed by atoms with van der Waals surface area (Å²) in [4.78, 5) is 12.7. The van der Waals surface area contributed by atoms with E-state index in [9.17, 15) is 15.0 Å². The molecule has 2 bridgehead atoms. The van der Waals surface area contributed by atoms with E-state index in [2.05, 4.69) is 7.05 Å². The van der Waals surface area contributed by atoms with Crippen LogP contribution in [0.5, 0.6) is 5.75 Å². The third-order valence-corrected chi connectivity index (χ3v) is 8.48. The van der Waals surface area contributed by atoms with E-state index in [1.807, 2.05) is 6.07 Å². The Morgan fingerprint density at radius 1 is 1.34 bits per heavy atom. The molecular weight excluding hydrogens is 461 g/mol. The summed E-state index contributed by atoms with van der Waals surface area (Å²) < 4.78 is 0.869. The van der Waals surface area contributed by atoms with Crippen LogP contribution in [0.2, 0.25) is 0 Å². The second kappa shape index (κ2) is 7.06. The fraction of sp³-hybridized carbons (Fsp3) is 0.636. The van der Waals surface area contributed by atoms with Crippen LogP contribution in [0.15, 0.2) is 12.1 Å². The van der Waals surface area contributed by atoms with E-state index in [1.54, 1.807) is 6.07 Å². The molecule has 1 heterocycles. The van der Waals surface area contributed by atoms with Gasteiger partial charge < -0.3 is 20.4 Å². The van der Waals surface area contributed by atoms with Crippen molar-refractivity contribution in [2.45, 2.75) is 62.0 Å². The van der Waals surface area contributed by atoms with E-state index >= 15 is 0 Å². The zero-order valence-electron chi connectivity index (χ0n) is 17.0. The molecule has 1 saturated heterocycles. The first-order chi connectivity index (χ1) is 13.2. The number of aliphatic hydroxyl groups is 1. The standard InChI is InChI=1S/C22H28N2O3S.Y/c1-24(12-13-2-3-13)9-8-21-11-15(25)6-7-22(21,27)17(24)10-14-4-5-16(20(23)28)19(26)18(14)21;/h4-5,13,17,27H,2-3,6-12H2,1H3,(H2-,23,26,28);/p+1/t17-,21-,22-,24?;/m1./s1. The first kappa shape index (κ1) is 21.8. The number of nitrogens with zero attached hydrogens (tertiary/aromatic N) is 1. The van der Waals surface area contributed by atoms with Crippen LogP contribution in [0.4, 0.5) is 0 Å². The molecule has 2 saturated carbocycles. The summed E-state index contributed by atoms with van der Waals surface area (Å²) in [5, 5.41) is 23.3. The van der Waals surface area contributed by atoms with Crippen LogP contribution in [0.1, 0.15) is 55.2 Å². The SMILES string of the molecule is C[N+]1(CC2CC2)CC[C@]23CC(=O)CC[C@@]2(O)[C@H]1Cc1ccc(C(N)=S)c(O)c13.[Y]. The molecule has 5 nitrogen and oxygen atoms in total. The van der Waals surface area contributed by atoms with Gasteiger partial charge in [0.25, 0.3) is 0 Å². The maximum atomic E-state index is 12.6. The van der Waals surface area contributed by atoms with Gasteiger partial charge >= 0.3 is 0 Å². The Morgan fingerprint density at radius 2 is 2.07 bits per heavy atom. The molecule has 153 valence electrons. The third-order valence-electron chi connectivity index (χ3n) is 8.26. The van der Waals surface area contributed by atoms with Gasteiger partial charge in [-0.1, -0.05) is 18.3 Å². The van der Waals surface area contributed by atoms with Crippen molar-refractivity contribution in [3.05, 3.63) is 28.8 Å². The van der Waals surface area contributed by atoms with Gasteiger partial charge in [-0.15, -0.1) is 0 Å². The average molecular weight is 490 g/mol. The van der Waals surface area contributed by atoms with E-state index < -0.39 is 11.0 Å². The summed E-state index contributed by atoms with van der Waals surface area (Å²) in [5.74, 6) is 1.02. The molecule has 1 aliphatic heterocycles. The molecule has 5 rings (SSSR count). The largest absolute Gasteiger partial charge is 0.507 e. The summed E-state index contributed by atoms with van der Waals surface area (Å²) in [6.45, 7) is 2.02. The normalized spacial score (nSPS) is 37.9. The number of aromatic hydroxyl groups is 1. The number of likely N-dealkylation sites (N-methyl/N-ethyl adjacent to an activating group) is 1. The van der Waals surface area contributed by atoms with Crippen molar-refractivity contribution in [2.75, 3.05) is 20.1 Å². The molecule has 0 amide bonds. The summed E-state index contributed by atoms with van der Waals surface area (Å²) in [5.41, 5.74) is 6.36. The number of carbonyl (C=O) groups excluding carboxylic acids is 1. The number of fused-ring (bicyclic) bond motifs is 1. The van der Waals surface area contributed by atoms with Gasteiger partial charge in [0.2, 0.25) is 0 Å². The molecule has 3 aliphatic carbocycles. The molecular formula is C22H29N2O3SY+. The van der Waals surface area contributed by atoms with Gasteiger partial charge in [-0.2, -0.15) is 0 Å². The minimum Gasteiger partial charge on any atom is -0.507 e. The van der Waals surface area contributed by atoms with Crippen molar-refractivity contribution in [1.29, 1.82) is 0 Å². The first-order valence-corrected chi connectivity index (χ1v) is 10.8. The zero-order valence-corrected chi connectivity index (χ0v) is 20.6. The topological polar surface area (TPSA) is 83.5 Å². The van der Waals surface area contributed by atoms with Crippen LogP contribution in [0.3, 0.4) is 0 Å². The first-order valence-electron chi connectivity index (χ1n) is 10.4. The molecule has 4 aliphatic rings. The van der Waals surface area contributed by atoms with E-state index in [4.69, 9.17) is 18.0 Å². The number of phenols is 1. The third kappa shape index (κ3) is 3.00. The minimum absolute atomic E-state index is 0. The van der Waals surface area contributed by atoms with Crippen LogP contribution < -0.4 is 5.73 Å². The number of phenolic OH excluding ortho intramolecular Hbond substituents is 1. The van der Waals surface area contributed by atoms with Gasteiger partial charge in [-0.25, -0.2) is 0 Å². The van der Waals surface area contributed by atoms with Crippen LogP contribution in [0.25, 0.3) is 0 Å². The predicted octanol–water partition coefficient (Wildman–Crippen LogP) is 1.93. The number of ketones is 1. The molecule has 0 spiro atoms. The van der Waals surface area contributed by atoms with E-state index in [0.717, 1.165) is 41.0 Å². The minimum atomic E-state index is -0.984. The summed E-state index contributed by atoms with van der Waals surface area (Å²) >= 11 is 5.14. The Morgan fingerprint density at radius 3 is 2.72 bits per heavy atom. The fourth-order valence-electron chi connectivity index (χ4n) is 6.73. The van der Waals surface area contributed by atoms with Crippen LogP contribution >= 0.6 is 12.2 Å². The van der Waals surface area contributed by atoms with Crippen molar-refractivity contribution in [2.24, 2.45) is 11.7 Å². The Kier molecular flexibility index (Phi) is 5.31. The maximum absolute atomic E-state index is 12.6. The second-order valence-corrected chi connectivity index (χ2v) is 10.3. The van der Waals surface area contributed by atoms with Gasteiger partial charge in [-0.3, -0.25) is 4.79 Å². The molecule has 1 unspecified atom stereocenters. The molecule has 7 heteroatoms. The number of nitrogens with two attached hydrogens (primary N) is 1. The number of likely N-dealkylation sites (tertiary alicyclic amines) is 1. The predicted molar refractivity (Wildman–Crippen MR) is 110 cm³/mol. The van der Waals surface area contributed by atoms with Gasteiger partial charge in [0.1, 0.15) is 28.2 Å². The number of Topliss-reactive ketones (excluding diaryl/α,β-unsaturated/α-hetero) is 1. The summed E-state index contributed by atoms with van der Waals surface area (Å²) in [6.07, 6.45) is 5.19. The monoisotopic (exact) mass is 490 g/mol. The second-order valence-electron chi connectivity index (χ2n) is 9.88. The van der Waals surface area contributed by atoms with E-state index in [0.29, 0.717) is 31.2 Å². The number of hydrogen-bond acceptors (Lipinski definition) is 4. The van der Waals surface area contributed by atoms with Crippen LogP contribution in [0, 0.1) is 5.92 Å². The molecule has 1 radical (unpaired) electrons. The van der Waals surface area contributed by atoms with E-state index in [1.165, 1.54) is 12.8 Å². The van der Waals surface area contributed by atoms with Crippen molar-refractivity contribution >= 4 is 23.0 Å². The number of benzene rings is 1. The Hall–Kier alpha value is -0.396. The molecule has 1 aromatic carbocycles. The molecule has 0 aromatic heterocycles. The zero-order chi connectivity index (χ0) is 19.9. The van der Waals surface area contributed by atoms with Crippen LogP contribution in [-0.4, -0.2) is 57.2 Å². The smallest absolute Gasteiger partial charge is 0.134 e. The number of rotatable bonds is 3. The van der Waals surface area contributed by atoms with Gasteiger partial charge in [-0.05, 0) is 30.9 Å². The summed E-state index contributed by atoms with van der Waals surface area (Å²) in [6, 6.07) is 3.85. The maximum Gasteiger partial charge on any atom is 0.134 e. The van der Waals surface area contributed by atoms with Crippen molar-refractivity contribution in [1.82, 2.24) is 0 Å². The Labute approximate surface area is 202 Å². The Bertz CT molecular complexity index is 904. The van der Waals surface area contributed by atoms with Gasteiger partial charge in [0, 0.05) is 75.3 Å². The van der Waals surface area contributed by atoms with Crippen molar-refractivity contribution < 1.29 is 52.2 Å². The number of piperidine rings is 1. The number of quaternary nitrogens is 1. The fourth-order valence-corrected chi connectivity index (χ4v) is 6.89. The van der Waals surface area contributed by atoms with Gasteiger partial charge in [0.15, 0.2) is 0 Å². The number of thiocarbonyl (C=S) groups is 1. The van der Waals surface area contributed by atoms with Gasteiger partial charge in [0.05, 0.1) is 25.7 Å².